The van der Waals surface area contributed by atoms with Gasteiger partial charge in [0, 0.05) is 12.7 Å². The minimum Gasteiger partial charge on any atom is -0.426 e. The van der Waals surface area contributed by atoms with E-state index in [9.17, 15) is 0 Å². The average Bonchev–Trinajstić information content (AvgIpc) is 2.53. The van der Waals surface area contributed by atoms with Gasteiger partial charge in [0.25, 0.3) is 0 Å². The first-order valence-electron chi connectivity index (χ1n) is 4.89. The molecule has 0 atom stereocenters. The van der Waals surface area contributed by atoms with Crippen molar-refractivity contribution >= 4 is 0 Å². The minimum absolute atomic E-state index is 0.622. The molecule has 1 aromatic carbocycles. The second-order valence-corrected chi connectivity index (χ2v) is 3.66. The molecule has 0 spiro atoms. The summed E-state index contributed by atoms with van der Waals surface area (Å²) < 4.78 is 7.55. The Kier molecular flexibility index (Phi) is 2.46. The van der Waals surface area contributed by atoms with Gasteiger partial charge in [-0.25, -0.2) is 4.98 Å². The van der Waals surface area contributed by atoms with Crippen LogP contribution in [0.15, 0.2) is 30.5 Å². The lowest BCUT2D eigenvalue weighted by Gasteiger charge is -2.05. The van der Waals surface area contributed by atoms with Crippen molar-refractivity contribution < 1.29 is 4.74 Å². The van der Waals surface area contributed by atoms with E-state index in [1.165, 1.54) is 5.56 Å². The van der Waals surface area contributed by atoms with Crippen molar-refractivity contribution in [2.24, 2.45) is 7.05 Å². The molecule has 2 rings (SSSR count). The van der Waals surface area contributed by atoms with E-state index in [0.717, 1.165) is 11.4 Å². The van der Waals surface area contributed by atoms with Crippen molar-refractivity contribution in [3.05, 3.63) is 41.7 Å². The molecular formula is C12H14N2O. The molecule has 0 saturated carbocycles. The maximum atomic E-state index is 5.64. The van der Waals surface area contributed by atoms with E-state index < -0.39 is 0 Å². The zero-order chi connectivity index (χ0) is 10.8. The van der Waals surface area contributed by atoms with Crippen LogP contribution in [0.2, 0.25) is 0 Å². The van der Waals surface area contributed by atoms with Gasteiger partial charge in [-0.05, 0) is 26.0 Å². The first kappa shape index (κ1) is 9.77. The Morgan fingerprint density at radius 2 is 1.80 bits per heavy atom. The highest BCUT2D eigenvalue weighted by atomic mass is 16.5. The van der Waals surface area contributed by atoms with Gasteiger partial charge in [0.2, 0.25) is 0 Å². The molecule has 0 unspecified atom stereocenters. The fourth-order valence-corrected chi connectivity index (χ4v) is 1.28. The molecule has 0 amide bonds. The SMILES string of the molecule is Cc1ccc(Oc2ncc(C)n2C)cc1. The summed E-state index contributed by atoms with van der Waals surface area (Å²) in [5.41, 5.74) is 2.30. The van der Waals surface area contributed by atoms with Crippen molar-refractivity contribution in [2.75, 3.05) is 0 Å². The van der Waals surface area contributed by atoms with Crippen LogP contribution in [0.4, 0.5) is 0 Å². The second-order valence-electron chi connectivity index (χ2n) is 3.66. The molecule has 0 aliphatic rings. The zero-order valence-electron chi connectivity index (χ0n) is 9.19. The average molecular weight is 202 g/mol. The van der Waals surface area contributed by atoms with Crippen LogP contribution in [-0.4, -0.2) is 9.55 Å². The molecule has 3 nitrogen and oxygen atoms in total. The predicted octanol–water partition coefficient (Wildman–Crippen LogP) is 2.83. The number of hydrogen-bond donors (Lipinski definition) is 0. The predicted molar refractivity (Wildman–Crippen MR) is 59.2 cm³/mol. The van der Waals surface area contributed by atoms with Crippen LogP contribution in [0.1, 0.15) is 11.3 Å². The van der Waals surface area contributed by atoms with E-state index in [1.807, 2.05) is 42.8 Å². The zero-order valence-corrected chi connectivity index (χ0v) is 9.19. The molecule has 3 heteroatoms. The topological polar surface area (TPSA) is 27.1 Å². The standard InChI is InChI=1S/C12H14N2O/c1-9-4-6-11(7-5-9)15-12-13-8-10(2)14(12)3/h4-8H,1-3H3. The summed E-state index contributed by atoms with van der Waals surface area (Å²) in [7, 11) is 1.94. The van der Waals surface area contributed by atoms with Crippen LogP contribution in [0.5, 0.6) is 11.8 Å². The van der Waals surface area contributed by atoms with E-state index in [2.05, 4.69) is 11.9 Å². The number of hydrogen-bond acceptors (Lipinski definition) is 2. The van der Waals surface area contributed by atoms with Gasteiger partial charge in [0.15, 0.2) is 0 Å². The number of benzene rings is 1. The van der Waals surface area contributed by atoms with E-state index in [4.69, 9.17) is 4.74 Å². The van der Waals surface area contributed by atoms with Gasteiger partial charge < -0.3 is 9.30 Å². The summed E-state index contributed by atoms with van der Waals surface area (Å²) >= 11 is 0. The summed E-state index contributed by atoms with van der Waals surface area (Å²) in [6.45, 7) is 4.05. The van der Waals surface area contributed by atoms with E-state index in [1.54, 1.807) is 6.20 Å². The van der Waals surface area contributed by atoms with Gasteiger partial charge in [-0.15, -0.1) is 0 Å². The Bertz CT molecular complexity index is 457. The number of ether oxygens (including phenoxy) is 1. The quantitative estimate of drug-likeness (QED) is 0.748. The van der Waals surface area contributed by atoms with Crippen LogP contribution < -0.4 is 4.74 Å². The summed E-state index contributed by atoms with van der Waals surface area (Å²) in [6, 6.07) is 8.55. The highest BCUT2D eigenvalue weighted by Gasteiger charge is 2.04. The summed E-state index contributed by atoms with van der Waals surface area (Å²) in [4.78, 5) is 4.17. The first-order chi connectivity index (χ1) is 7.16. The van der Waals surface area contributed by atoms with Gasteiger partial charge in [0.1, 0.15) is 5.75 Å². The Morgan fingerprint density at radius 3 is 2.33 bits per heavy atom. The molecule has 15 heavy (non-hydrogen) atoms. The molecule has 0 radical (unpaired) electrons. The van der Waals surface area contributed by atoms with Crippen molar-refractivity contribution in [1.82, 2.24) is 9.55 Å². The molecule has 1 aromatic heterocycles. The fourth-order valence-electron chi connectivity index (χ4n) is 1.28. The molecule has 0 aliphatic heterocycles. The molecule has 0 bridgehead atoms. The third kappa shape index (κ3) is 2.01. The Morgan fingerprint density at radius 1 is 1.13 bits per heavy atom. The molecule has 0 fully saturated rings. The summed E-state index contributed by atoms with van der Waals surface area (Å²) in [5.74, 6) is 0.814. The molecule has 1 heterocycles. The first-order valence-corrected chi connectivity index (χ1v) is 4.89. The third-order valence-electron chi connectivity index (χ3n) is 2.41. The van der Waals surface area contributed by atoms with E-state index in [0.29, 0.717) is 6.01 Å². The summed E-state index contributed by atoms with van der Waals surface area (Å²) in [6.07, 6.45) is 1.80. The van der Waals surface area contributed by atoms with Gasteiger partial charge in [-0.2, -0.15) is 0 Å². The van der Waals surface area contributed by atoms with Crippen molar-refractivity contribution in [3.8, 4) is 11.8 Å². The number of aryl methyl sites for hydroxylation is 2. The lowest BCUT2D eigenvalue weighted by Crippen LogP contribution is -1.95. The minimum atomic E-state index is 0.622. The smallest absolute Gasteiger partial charge is 0.301 e. The molecular weight excluding hydrogens is 188 g/mol. The number of aromatic nitrogens is 2. The van der Waals surface area contributed by atoms with Crippen molar-refractivity contribution in [2.45, 2.75) is 13.8 Å². The Balaban J connectivity index is 2.22. The van der Waals surface area contributed by atoms with E-state index in [-0.39, 0.29) is 0 Å². The van der Waals surface area contributed by atoms with Crippen molar-refractivity contribution in [1.29, 1.82) is 0 Å². The molecule has 0 saturated heterocycles. The largest absolute Gasteiger partial charge is 0.426 e. The van der Waals surface area contributed by atoms with Gasteiger partial charge in [-0.3, -0.25) is 0 Å². The maximum Gasteiger partial charge on any atom is 0.301 e. The van der Waals surface area contributed by atoms with E-state index >= 15 is 0 Å². The Hall–Kier alpha value is -1.77. The third-order valence-corrected chi connectivity index (χ3v) is 2.41. The van der Waals surface area contributed by atoms with Gasteiger partial charge in [-0.1, -0.05) is 17.7 Å². The number of nitrogens with zero attached hydrogens (tertiary/aromatic N) is 2. The van der Waals surface area contributed by atoms with Crippen molar-refractivity contribution in [3.63, 3.8) is 0 Å². The molecule has 78 valence electrons. The lowest BCUT2D eigenvalue weighted by atomic mass is 10.2. The number of rotatable bonds is 2. The molecule has 0 N–H and O–H groups in total. The lowest BCUT2D eigenvalue weighted by molar-refractivity contribution is 0.423. The monoisotopic (exact) mass is 202 g/mol. The molecule has 2 aromatic rings. The normalized spacial score (nSPS) is 10.3. The highest BCUT2D eigenvalue weighted by molar-refractivity contribution is 5.28. The highest BCUT2D eigenvalue weighted by Crippen LogP contribution is 2.20. The van der Waals surface area contributed by atoms with Crippen LogP contribution in [0.3, 0.4) is 0 Å². The van der Waals surface area contributed by atoms with Gasteiger partial charge in [0.05, 0.1) is 6.20 Å². The molecule has 0 aliphatic carbocycles. The summed E-state index contributed by atoms with van der Waals surface area (Å²) in [5, 5.41) is 0. The second kappa shape index (κ2) is 3.77. The van der Waals surface area contributed by atoms with Crippen LogP contribution in [-0.2, 0) is 7.05 Å². The maximum absolute atomic E-state index is 5.64. The number of imidazole rings is 1. The van der Waals surface area contributed by atoms with Crippen LogP contribution in [0, 0.1) is 13.8 Å². The fraction of sp³-hybridized carbons (Fsp3) is 0.250. The van der Waals surface area contributed by atoms with Crippen LogP contribution >= 0.6 is 0 Å². The van der Waals surface area contributed by atoms with Gasteiger partial charge >= 0.3 is 6.01 Å². The van der Waals surface area contributed by atoms with Crippen LogP contribution in [0.25, 0.3) is 0 Å². The Labute approximate surface area is 89.3 Å².